The molecule has 0 aliphatic carbocycles. The number of imidazole rings is 1. The van der Waals surface area contributed by atoms with E-state index in [1.54, 1.807) is 6.07 Å². The minimum atomic E-state index is -0.335. The number of amides is 1. The molecule has 3 aromatic rings. The summed E-state index contributed by atoms with van der Waals surface area (Å²) < 4.78 is 2.24. The van der Waals surface area contributed by atoms with Crippen molar-refractivity contribution < 1.29 is 4.79 Å². The predicted octanol–water partition coefficient (Wildman–Crippen LogP) is 6.34. The maximum absolute atomic E-state index is 13.4. The Kier molecular flexibility index (Phi) is 6.40. The maximum atomic E-state index is 13.4. The fraction of sp³-hybridized carbons (Fsp3) is 0.360. The van der Waals surface area contributed by atoms with Crippen LogP contribution in [-0.2, 0) is 24.3 Å². The highest BCUT2D eigenvalue weighted by atomic mass is 35.5. The zero-order valence-electron chi connectivity index (χ0n) is 18.1. The summed E-state index contributed by atoms with van der Waals surface area (Å²) in [6.07, 6.45) is 4.35. The van der Waals surface area contributed by atoms with Crippen molar-refractivity contribution in [3.63, 3.8) is 0 Å². The van der Waals surface area contributed by atoms with Gasteiger partial charge in [-0.3, -0.25) is 4.79 Å². The van der Waals surface area contributed by atoms with Crippen molar-refractivity contribution in [3.05, 3.63) is 75.7 Å². The molecule has 1 aromatic heterocycles. The Hall–Kier alpha value is -2.30. The average molecular weight is 456 g/mol. The molecular weight excluding hydrogens is 429 g/mol. The van der Waals surface area contributed by atoms with Crippen molar-refractivity contribution in [2.24, 2.45) is 0 Å². The molecule has 4 nitrogen and oxygen atoms in total. The van der Waals surface area contributed by atoms with Gasteiger partial charge in [0.05, 0.1) is 11.6 Å². The molecule has 1 aliphatic heterocycles. The molecule has 6 heteroatoms. The monoisotopic (exact) mass is 455 g/mol. The Balaban J connectivity index is 1.56. The third kappa shape index (κ3) is 4.81. The Bertz CT molecular complexity index is 1060. The van der Waals surface area contributed by atoms with E-state index in [1.165, 1.54) is 6.42 Å². The fourth-order valence-corrected chi connectivity index (χ4v) is 4.69. The van der Waals surface area contributed by atoms with Crippen molar-refractivity contribution in [1.29, 1.82) is 0 Å². The lowest BCUT2D eigenvalue weighted by Crippen LogP contribution is -2.39. The van der Waals surface area contributed by atoms with Gasteiger partial charge in [-0.25, -0.2) is 4.98 Å². The van der Waals surface area contributed by atoms with Crippen molar-refractivity contribution in [1.82, 2.24) is 14.5 Å². The number of rotatable bonds is 6. The number of nitrogens with zero attached hydrogens (tertiary/aromatic N) is 3. The predicted molar refractivity (Wildman–Crippen MR) is 127 cm³/mol. The molecule has 4 rings (SSSR count). The first kappa shape index (κ1) is 21.9. The number of aromatic nitrogens is 2. The van der Waals surface area contributed by atoms with E-state index in [1.807, 2.05) is 43.9 Å². The van der Waals surface area contributed by atoms with Gasteiger partial charge in [0.25, 0.3) is 0 Å². The molecule has 1 amide bonds. The van der Waals surface area contributed by atoms with Crippen LogP contribution in [-0.4, -0.2) is 26.4 Å². The largest absolute Gasteiger partial charge is 0.335 e. The molecule has 0 bridgehead atoms. The summed E-state index contributed by atoms with van der Waals surface area (Å²) >= 11 is 12.3. The topological polar surface area (TPSA) is 38.1 Å². The van der Waals surface area contributed by atoms with Gasteiger partial charge in [-0.15, -0.1) is 0 Å². The number of hydrogen-bond acceptors (Lipinski definition) is 2. The zero-order valence-corrected chi connectivity index (χ0v) is 19.6. The summed E-state index contributed by atoms with van der Waals surface area (Å²) in [4.78, 5) is 20.1. The third-order valence-corrected chi connectivity index (χ3v) is 6.33. The number of benzene rings is 2. The lowest BCUT2D eigenvalue weighted by molar-refractivity contribution is -0.134. The van der Waals surface area contributed by atoms with Gasteiger partial charge >= 0.3 is 0 Å². The van der Waals surface area contributed by atoms with Crippen LogP contribution in [0.3, 0.4) is 0 Å². The van der Waals surface area contributed by atoms with Gasteiger partial charge in [-0.2, -0.15) is 0 Å². The summed E-state index contributed by atoms with van der Waals surface area (Å²) in [5, 5.41) is 1.08. The van der Waals surface area contributed by atoms with Crippen LogP contribution in [0.5, 0.6) is 0 Å². The lowest BCUT2D eigenvalue weighted by Gasteiger charge is -2.30. The Morgan fingerprint density at radius 3 is 2.55 bits per heavy atom. The summed E-state index contributed by atoms with van der Waals surface area (Å²) in [5.74, 6) is 0.881. The number of carbonyl (C=O) groups excluding carboxylic acids is 1. The quantitative estimate of drug-likeness (QED) is 0.434. The number of aryl methyl sites for hydroxylation is 2. The molecule has 31 heavy (non-hydrogen) atoms. The van der Waals surface area contributed by atoms with E-state index < -0.39 is 0 Å². The Morgan fingerprint density at radius 2 is 1.87 bits per heavy atom. The van der Waals surface area contributed by atoms with E-state index in [2.05, 4.69) is 29.0 Å². The van der Waals surface area contributed by atoms with Gasteiger partial charge in [0.2, 0.25) is 5.91 Å². The van der Waals surface area contributed by atoms with E-state index >= 15 is 0 Å². The van der Waals surface area contributed by atoms with Gasteiger partial charge < -0.3 is 9.47 Å². The van der Waals surface area contributed by atoms with Crippen molar-refractivity contribution in [2.45, 2.75) is 58.7 Å². The molecule has 1 atom stereocenters. The molecule has 0 N–H and O–H groups in total. The second-order valence-corrected chi connectivity index (χ2v) is 9.40. The van der Waals surface area contributed by atoms with Crippen LogP contribution in [0.1, 0.15) is 50.1 Å². The number of hydrogen-bond donors (Lipinski definition) is 0. The fourth-order valence-electron chi connectivity index (χ4n) is 4.15. The zero-order chi connectivity index (χ0) is 22.1. The first-order valence-corrected chi connectivity index (χ1v) is 11.5. The van der Waals surface area contributed by atoms with Crippen LogP contribution in [0.25, 0.3) is 11.3 Å². The normalized spacial score (nSPS) is 14.0. The van der Waals surface area contributed by atoms with Gasteiger partial charge in [-0.1, -0.05) is 41.4 Å². The lowest BCUT2D eigenvalue weighted by atomic mass is 9.98. The van der Waals surface area contributed by atoms with Gasteiger partial charge in [-0.05, 0) is 62.6 Å². The number of carbonyl (C=O) groups is 1. The Morgan fingerprint density at radius 1 is 1.13 bits per heavy atom. The van der Waals surface area contributed by atoms with E-state index in [4.69, 9.17) is 28.2 Å². The molecule has 2 aromatic carbocycles. The number of fused-ring (bicyclic) bond motifs is 1. The molecule has 1 unspecified atom stereocenters. The van der Waals surface area contributed by atoms with Crippen LogP contribution in [0.4, 0.5) is 0 Å². The van der Waals surface area contributed by atoms with Crippen LogP contribution in [0, 0.1) is 0 Å². The van der Waals surface area contributed by atoms with Crippen molar-refractivity contribution in [2.75, 3.05) is 0 Å². The first-order chi connectivity index (χ1) is 14.8. The van der Waals surface area contributed by atoms with Crippen LogP contribution < -0.4 is 0 Å². The molecule has 2 heterocycles. The minimum absolute atomic E-state index is 0.0553. The highest BCUT2D eigenvalue weighted by molar-refractivity contribution is 6.34. The third-order valence-electron chi connectivity index (χ3n) is 5.90. The molecule has 0 spiro atoms. The van der Waals surface area contributed by atoms with Gasteiger partial charge in [0.1, 0.15) is 5.82 Å². The summed E-state index contributed by atoms with van der Waals surface area (Å²) in [6.45, 7) is 7.57. The summed E-state index contributed by atoms with van der Waals surface area (Å²) in [6, 6.07) is 13.7. The second kappa shape index (κ2) is 9.05. The van der Waals surface area contributed by atoms with Crippen molar-refractivity contribution in [3.8, 4) is 11.3 Å². The van der Waals surface area contributed by atoms with Crippen molar-refractivity contribution >= 4 is 29.1 Å². The smallest absolute Gasteiger partial charge is 0.230 e. The molecular formula is C25H27Cl2N3O. The van der Waals surface area contributed by atoms with Gasteiger partial charge in [0.15, 0.2) is 0 Å². The minimum Gasteiger partial charge on any atom is -0.335 e. The van der Waals surface area contributed by atoms with E-state index in [0.29, 0.717) is 16.6 Å². The van der Waals surface area contributed by atoms with E-state index in [9.17, 15) is 4.79 Å². The first-order valence-electron chi connectivity index (χ1n) is 10.7. The second-order valence-electron chi connectivity index (χ2n) is 8.52. The highest BCUT2D eigenvalue weighted by Crippen LogP contribution is 2.28. The summed E-state index contributed by atoms with van der Waals surface area (Å²) in [5.41, 5.74) is 4.00. The molecule has 0 fully saturated rings. The number of halogens is 2. The molecule has 0 saturated heterocycles. The molecule has 162 valence electrons. The standard InChI is InChI=1S/C25H27Cl2N3O/c1-16(2)30(25(31)17(3)20-11-21(26)13-22(27)12-20)14-18-6-4-7-19(10-18)23-15-29-9-5-8-24(29)28-23/h4,6-7,10-13,15-17H,5,8-9,14H2,1-3H3. The molecule has 0 saturated carbocycles. The average Bonchev–Trinajstić information content (AvgIpc) is 3.32. The SMILES string of the molecule is CC(C(=O)N(Cc1cccc(-c2cn3c(n2)CCC3)c1)C(C)C)c1cc(Cl)cc(Cl)c1. The molecule has 1 aliphatic rings. The molecule has 0 radical (unpaired) electrons. The Labute approximate surface area is 193 Å². The van der Waals surface area contributed by atoms with E-state index in [0.717, 1.165) is 41.2 Å². The van der Waals surface area contributed by atoms with Crippen LogP contribution in [0.15, 0.2) is 48.7 Å². The maximum Gasteiger partial charge on any atom is 0.230 e. The van der Waals surface area contributed by atoms with Gasteiger partial charge in [0, 0.05) is 47.4 Å². The summed E-state index contributed by atoms with van der Waals surface area (Å²) in [7, 11) is 0. The highest BCUT2D eigenvalue weighted by Gasteiger charge is 2.25. The van der Waals surface area contributed by atoms with Crippen LogP contribution in [0.2, 0.25) is 10.0 Å². The van der Waals surface area contributed by atoms with Crippen LogP contribution >= 0.6 is 23.2 Å². The van der Waals surface area contributed by atoms with E-state index in [-0.39, 0.29) is 17.9 Å².